The minimum absolute atomic E-state index is 0.325. The molecule has 0 saturated carbocycles. The molecule has 0 saturated heterocycles. The highest BCUT2D eigenvalue weighted by Gasteiger charge is 2.30. The molecular weight excluding hydrogens is 471 g/mol. The predicted octanol–water partition coefficient (Wildman–Crippen LogP) is 5.60. The number of fused-ring (bicyclic) bond motifs is 1. The molecule has 10 heteroatoms. The van der Waals surface area contributed by atoms with Crippen molar-refractivity contribution in [2.24, 2.45) is 12.0 Å². The lowest BCUT2D eigenvalue weighted by atomic mass is 10.1. The summed E-state index contributed by atoms with van der Waals surface area (Å²) in [6, 6.07) is 17.8. The molecule has 0 aliphatic heterocycles. The van der Waals surface area contributed by atoms with E-state index in [1.165, 1.54) is 31.4 Å². The van der Waals surface area contributed by atoms with E-state index in [0.717, 1.165) is 16.6 Å². The smallest absolute Gasteiger partial charge is 0.465 e. The van der Waals surface area contributed by atoms with Gasteiger partial charge in [-0.05, 0) is 60.2 Å². The number of aryl methyl sites for hydroxylation is 1. The number of alkyl halides is 3. The number of esters is 1. The molecule has 4 aromatic rings. The molecule has 0 unspecified atom stereocenters. The third-order valence-corrected chi connectivity index (χ3v) is 5.38. The predicted molar refractivity (Wildman–Crippen MR) is 121 cm³/mol. The van der Waals surface area contributed by atoms with Gasteiger partial charge < -0.3 is 18.6 Å². The highest BCUT2D eigenvalue weighted by Crippen LogP contribution is 2.25. The highest BCUT2D eigenvalue weighted by atomic mass is 35.5. The molecule has 34 heavy (non-hydrogen) atoms. The Morgan fingerprint density at radius 3 is 2.29 bits per heavy atom. The van der Waals surface area contributed by atoms with Gasteiger partial charge in [-0.1, -0.05) is 23.7 Å². The lowest BCUT2D eigenvalue weighted by Gasteiger charge is -2.09. The number of hydrogen-bond acceptors (Lipinski definition) is 4. The van der Waals surface area contributed by atoms with Crippen molar-refractivity contribution >= 4 is 34.3 Å². The van der Waals surface area contributed by atoms with Crippen LogP contribution in [0.5, 0.6) is 5.75 Å². The number of methoxy groups -OCH3 is 1. The molecule has 1 heterocycles. The Morgan fingerprint density at radius 2 is 1.68 bits per heavy atom. The molecule has 0 atom stereocenters. The van der Waals surface area contributed by atoms with Gasteiger partial charge in [0.25, 0.3) is 0 Å². The average molecular weight is 490 g/mol. The molecule has 6 nitrogen and oxygen atoms in total. The van der Waals surface area contributed by atoms with Gasteiger partial charge in [-0.3, -0.25) is 0 Å². The molecule has 1 aromatic heterocycles. The Balaban J connectivity index is 1.78. The van der Waals surface area contributed by atoms with Crippen LogP contribution >= 0.6 is 11.6 Å². The van der Waals surface area contributed by atoms with Crippen molar-refractivity contribution in [3.8, 4) is 5.75 Å². The molecule has 3 aromatic carbocycles. The van der Waals surface area contributed by atoms with E-state index in [0.29, 0.717) is 28.4 Å². The number of ether oxygens (including phenoxy) is 2. The molecule has 0 radical (unpaired) electrons. The molecule has 0 aliphatic carbocycles. The van der Waals surface area contributed by atoms with Crippen LogP contribution in [-0.2, 0) is 18.3 Å². The molecule has 4 rings (SSSR count). The number of halogens is 4. The largest absolute Gasteiger partial charge is 0.573 e. The molecule has 0 bridgehead atoms. The second kappa shape index (κ2) is 9.26. The lowest BCUT2D eigenvalue weighted by Crippen LogP contribution is -2.24. The Kier molecular flexibility index (Phi) is 6.39. The number of carbonyl (C=O) groups excluding carboxylic acids is 1. The van der Waals surface area contributed by atoms with Gasteiger partial charge in [0.1, 0.15) is 5.75 Å². The average Bonchev–Trinajstić information content (AvgIpc) is 3.04. The van der Waals surface area contributed by atoms with Crippen molar-refractivity contribution in [2.45, 2.75) is 12.9 Å². The Labute approximate surface area is 197 Å². The van der Waals surface area contributed by atoms with E-state index in [2.05, 4.69) is 9.73 Å². The second-order valence-corrected chi connectivity index (χ2v) is 7.86. The molecule has 0 fully saturated rings. The topological polar surface area (TPSA) is 57.8 Å². The zero-order chi connectivity index (χ0) is 24.5. The summed E-state index contributed by atoms with van der Waals surface area (Å²) in [4.78, 5) is 16.4. The number of aromatic nitrogens is 2. The summed E-state index contributed by atoms with van der Waals surface area (Å²) in [7, 11) is 3.15. The molecule has 0 aliphatic rings. The molecule has 0 amide bonds. The van der Waals surface area contributed by atoms with Gasteiger partial charge in [0.05, 0.1) is 35.9 Å². The Hall–Kier alpha value is -3.72. The van der Waals surface area contributed by atoms with E-state index in [-0.39, 0.29) is 5.75 Å². The second-order valence-electron chi connectivity index (χ2n) is 7.42. The van der Waals surface area contributed by atoms with Crippen LogP contribution in [0, 0.1) is 0 Å². The fraction of sp³-hybridized carbons (Fsp3) is 0.167. The first-order valence-electron chi connectivity index (χ1n) is 10.1. The summed E-state index contributed by atoms with van der Waals surface area (Å²) < 4.78 is 49.8. The van der Waals surface area contributed by atoms with Crippen LogP contribution in [0.3, 0.4) is 0 Å². The zero-order valence-electron chi connectivity index (χ0n) is 18.1. The van der Waals surface area contributed by atoms with Gasteiger partial charge in [-0.2, -0.15) is 0 Å². The van der Waals surface area contributed by atoms with Crippen LogP contribution in [0.15, 0.2) is 71.7 Å². The standard InChI is InChI=1S/C24H19ClF3N3O3/c1-30-21-13-17(25)7-12-20(21)31(14-15-3-5-16(6-4-15)22(32)33-2)23(30)29-18-8-10-19(11-9-18)34-24(26,27)28/h3-13H,14H2,1-2H3/b29-23-. The summed E-state index contributed by atoms with van der Waals surface area (Å²) in [5.41, 5.74) is 4.03. The van der Waals surface area contributed by atoms with Crippen LogP contribution in [0.2, 0.25) is 5.02 Å². The number of imidazole rings is 1. The van der Waals surface area contributed by atoms with Crippen molar-refractivity contribution in [1.29, 1.82) is 0 Å². The van der Waals surface area contributed by atoms with Gasteiger partial charge in [0.15, 0.2) is 0 Å². The first kappa shape index (κ1) is 23.4. The normalized spacial score (nSPS) is 12.2. The van der Waals surface area contributed by atoms with Crippen molar-refractivity contribution < 1.29 is 27.4 Å². The van der Waals surface area contributed by atoms with Crippen molar-refractivity contribution in [2.75, 3.05) is 7.11 Å². The van der Waals surface area contributed by atoms with Crippen molar-refractivity contribution in [3.05, 3.63) is 88.5 Å². The fourth-order valence-electron chi connectivity index (χ4n) is 3.57. The van der Waals surface area contributed by atoms with Crippen LogP contribution in [0.4, 0.5) is 18.9 Å². The van der Waals surface area contributed by atoms with E-state index in [4.69, 9.17) is 16.3 Å². The number of nitrogens with zero attached hydrogens (tertiary/aromatic N) is 3. The third kappa shape index (κ3) is 5.09. The van der Waals surface area contributed by atoms with E-state index >= 15 is 0 Å². The highest BCUT2D eigenvalue weighted by molar-refractivity contribution is 6.31. The quantitative estimate of drug-likeness (QED) is 0.343. The first-order valence-corrected chi connectivity index (χ1v) is 10.4. The molecule has 176 valence electrons. The summed E-state index contributed by atoms with van der Waals surface area (Å²) in [6.45, 7) is 0.425. The lowest BCUT2D eigenvalue weighted by molar-refractivity contribution is -0.274. The fourth-order valence-corrected chi connectivity index (χ4v) is 3.73. The van der Waals surface area contributed by atoms with Gasteiger partial charge in [-0.15, -0.1) is 13.2 Å². The third-order valence-electron chi connectivity index (χ3n) is 5.15. The van der Waals surface area contributed by atoms with E-state index in [9.17, 15) is 18.0 Å². The number of carbonyl (C=O) groups is 1. The first-order chi connectivity index (χ1) is 16.1. The minimum Gasteiger partial charge on any atom is -0.465 e. The zero-order valence-corrected chi connectivity index (χ0v) is 18.9. The van der Waals surface area contributed by atoms with Gasteiger partial charge in [-0.25, -0.2) is 9.79 Å². The number of benzene rings is 3. The van der Waals surface area contributed by atoms with Crippen molar-refractivity contribution in [3.63, 3.8) is 0 Å². The minimum atomic E-state index is -4.76. The maximum atomic E-state index is 12.5. The van der Waals surface area contributed by atoms with Crippen LogP contribution < -0.4 is 10.4 Å². The summed E-state index contributed by atoms with van der Waals surface area (Å²) in [6.07, 6.45) is -4.76. The monoisotopic (exact) mass is 489 g/mol. The number of hydrogen-bond donors (Lipinski definition) is 0. The summed E-state index contributed by atoms with van der Waals surface area (Å²) in [5.74, 6) is -0.749. The summed E-state index contributed by atoms with van der Waals surface area (Å²) in [5, 5.41) is 0.558. The van der Waals surface area contributed by atoms with Crippen LogP contribution in [-0.4, -0.2) is 28.6 Å². The van der Waals surface area contributed by atoms with E-state index < -0.39 is 12.3 Å². The van der Waals surface area contributed by atoms with E-state index in [1.807, 2.05) is 40.4 Å². The SMILES string of the molecule is COC(=O)c1ccc(Cn2/c(=N\c3ccc(OC(F)(F)F)cc3)n(C)c3cc(Cl)ccc32)cc1. The Morgan fingerprint density at radius 1 is 1.00 bits per heavy atom. The van der Waals surface area contributed by atoms with Crippen molar-refractivity contribution in [1.82, 2.24) is 9.13 Å². The van der Waals surface area contributed by atoms with E-state index in [1.54, 1.807) is 18.2 Å². The number of rotatable bonds is 5. The maximum Gasteiger partial charge on any atom is 0.573 e. The summed E-state index contributed by atoms with van der Waals surface area (Å²) >= 11 is 6.20. The molecule has 0 spiro atoms. The van der Waals surface area contributed by atoms with Gasteiger partial charge in [0.2, 0.25) is 5.62 Å². The van der Waals surface area contributed by atoms with Gasteiger partial charge in [0, 0.05) is 12.1 Å². The van der Waals surface area contributed by atoms with Crippen LogP contribution in [0.1, 0.15) is 15.9 Å². The van der Waals surface area contributed by atoms with Gasteiger partial charge >= 0.3 is 12.3 Å². The van der Waals surface area contributed by atoms with Crippen LogP contribution in [0.25, 0.3) is 11.0 Å². The Bertz CT molecular complexity index is 1410. The molecular formula is C24H19ClF3N3O3. The maximum absolute atomic E-state index is 12.5. The molecule has 0 N–H and O–H groups in total.